The highest BCUT2D eigenvalue weighted by Gasteiger charge is 2.37. The number of hydrogen-bond acceptors (Lipinski definition) is 4. The fourth-order valence-corrected chi connectivity index (χ4v) is 4.60. The second-order valence-corrected chi connectivity index (χ2v) is 8.94. The molecule has 1 unspecified atom stereocenters. The van der Waals surface area contributed by atoms with Crippen molar-refractivity contribution in [1.82, 2.24) is 15.6 Å². The Morgan fingerprint density at radius 3 is 2.72 bits per heavy atom. The number of nitriles is 1. The minimum absolute atomic E-state index is 0.102. The molecule has 6 nitrogen and oxygen atoms in total. The topological polar surface area (TPSA) is 97.8 Å². The van der Waals surface area contributed by atoms with Gasteiger partial charge in [0.05, 0.1) is 12.0 Å². The van der Waals surface area contributed by atoms with Crippen LogP contribution in [0.4, 0.5) is 0 Å². The van der Waals surface area contributed by atoms with E-state index in [1.54, 1.807) is 11.8 Å². The van der Waals surface area contributed by atoms with Gasteiger partial charge in [-0.25, -0.2) is 0 Å². The Morgan fingerprint density at radius 1 is 1.21 bits per heavy atom. The van der Waals surface area contributed by atoms with E-state index in [4.69, 9.17) is 0 Å². The van der Waals surface area contributed by atoms with E-state index >= 15 is 0 Å². The number of thioether (sulfide) groups is 1. The van der Waals surface area contributed by atoms with E-state index in [0.717, 1.165) is 54.3 Å². The molecule has 29 heavy (non-hydrogen) atoms. The number of carbonyl (C=O) groups is 2. The number of nitrogens with zero attached hydrogens (tertiary/aromatic N) is 1. The van der Waals surface area contributed by atoms with Gasteiger partial charge in [-0.15, -0.1) is 11.8 Å². The molecule has 2 fully saturated rings. The highest BCUT2D eigenvalue weighted by Crippen LogP contribution is 2.33. The van der Waals surface area contributed by atoms with E-state index in [2.05, 4.69) is 21.7 Å². The van der Waals surface area contributed by atoms with Gasteiger partial charge in [-0.05, 0) is 56.1 Å². The lowest BCUT2D eigenvalue weighted by Gasteiger charge is -2.31. The molecule has 7 heteroatoms. The SMILES string of the molecule is CSc1ccc2cc(C(=O)N[C@H]3CCCC[C@H]3C(=O)NC(C#N)C3CC3)[nH]c2c1. The van der Waals surface area contributed by atoms with Crippen LogP contribution in [-0.2, 0) is 4.79 Å². The third-order valence-corrected chi connectivity index (χ3v) is 6.75. The van der Waals surface area contributed by atoms with E-state index in [-0.39, 0.29) is 29.7 Å². The lowest BCUT2D eigenvalue weighted by atomic mass is 9.83. The number of fused-ring (bicyclic) bond motifs is 1. The molecule has 2 aliphatic rings. The van der Waals surface area contributed by atoms with Gasteiger partial charge < -0.3 is 15.6 Å². The first-order valence-corrected chi connectivity index (χ1v) is 11.5. The Hall–Kier alpha value is -2.46. The number of benzene rings is 1. The molecule has 2 amide bonds. The molecule has 3 atom stereocenters. The van der Waals surface area contributed by atoms with Gasteiger partial charge in [-0.1, -0.05) is 18.9 Å². The van der Waals surface area contributed by atoms with E-state index in [0.29, 0.717) is 5.69 Å². The lowest BCUT2D eigenvalue weighted by molar-refractivity contribution is -0.127. The molecule has 1 aromatic heterocycles. The van der Waals surface area contributed by atoms with Crippen molar-refractivity contribution in [2.75, 3.05) is 6.26 Å². The summed E-state index contributed by atoms with van der Waals surface area (Å²) in [6.07, 6.45) is 7.50. The summed E-state index contributed by atoms with van der Waals surface area (Å²) in [5, 5.41) is 16.3. The van der Waals surface area contributed by atoms with Crippen LogP contribution < -0.4 is 10.6 Å². The van der Waals surface area contributed by atoms with Crippen molar-refractivity contribution in [2.45, 2.75) is 55.5 Å². The lowest BCUT2D eigenvalue weighted by Crippen LogP contribution is -2.50. The monoisotopic (exact) mass is 410 g/mol. The molecule has 152 valence electrons. The summed E-state index contributed by atoms with van der Waals surface area (Å²) in [4.78, 5) is 30.0. The molecule has 0 saturated heterocycles. The maximum absolute atomic E-state index is 12.9. The minimum atomic E-state index is -0.403. The quantitative estimate of drug-likeness (QED) is 0.634. The first-order valence-electron chi connectivity index (χ1n) is 10.3. The Balaban J connectivity index is 1.45. The second-order valence-electron chi connectivity index (χ2n) is 8.06. The van der Waals surface area contributed by atoms with Crippen molar-refractivity contribution in [3.05, 3.63) is 30.0 Å². The molecule has 0 radical (unpaired) electrons. The molecule has 2 aliphatic carbocycles. The molecule has 0 aliphatic heterocycles. The Labute approximate surface area is 174 Å². The summed E-state index contributed by atoms with van der Waals surface area (Å²) in [7, 11) is 0. The Bertz CT molecular complexity index is 959. The third-order valence-electron chi connectivity index (χ3n) is 6.02. The van der Waals surface area contributed by atoms with Crippen LogP contribution >= 0.6 is 11.8 Å². The Morgan fingerprint density at radius 2 is 2.00 bits per heavy atom. The van der Waals surface area contributed by atoms with E-state index in [9.17, 15) is 14.9 Å². The van der Waals surface area contributed by atoms with Gasteiger partial charge in [-0.3, -0.25) is 9.59 Å². The summed E-state index contributed by atoms with van der Waals surface area (Å²) >= 11 is 1.66. The van der Waals surface area contributed by atoms with Crippen LogP contribution in [0.2, 0.25) is 0 Å². The van der Waals surface area contributed by atoms with Crippen molar-refractivity contribution in [3.8, 4) is 6.07 Å². The van der Waals surface area contributed by atoms with Gasteiger partial charge in [0.1, 0.15) is 11.7 Å². The van der Waals surface area contributed by atoms with Crippen LogP contribution in [0, 0.1) is 23.2 Å². The van der Waals surface area contributed by atoms with Crippen molar-refractivity contribution >= 4 is 34.5 Å². The summed E-state index contributed by atoms with van der Waals surface area (Å²) in [5.74, 6) is -0.279. The summed E-state index contributed by atoms with van der Waals surface area (Å²) in [5.41, 5.74) is 1.44. The van der Waals surface area contributed by atoms with Crippen LogP contribution in [-0.4, -0.2) is 35.1 Å². The van der Waals surface area contributed by atoms with Gasteiger partial charge in [-0.2, -0.15) is 5.26 Å². The van der Waals surface area contributed by atoms with Gasteiger partial charge >= 0.3 is 0 Å². The zero-order valence-corrected chi connectivity index (χ0v) is 17.3. The van der Waals surface area contributed by atoms with Crippen LogP contribution in [0.3, 0.4) is 0 Å². The van der Waals surface area contributed by atoms with Crippen LogP contribution in [0.15, 0.2) is 29.2 Å². The molecule has 1 heterocycles. The first kappa shape index (κ1) is 19.8. The predicted octanol–water partition coefficient (Wildman–Crippen LogP) is 3.60. The van der Waals surface area contributed by atoms with Gasteiger partial charge in [0.25, 0.3) is 5.91 Å². The predicted molar refractivity (Wildman–Crippen MR) is 114 cm³/mol. The molecule has 2 saturated carbocycles. The minimum Gasteiger partial charge on any atom is -0.350 e. The van der Waals surface area contributed by atoms with Crippen LogP contribution in [0.5, 0.6) is 0 Å². The second kappa shape index (κ2) is 8.50. The molecule has 0 bridgehead atoms. The summed E-state index contributed by atoms with van der Waals surface area (Å²) in [6, 6.07) is 9.54. The van der Waals surface area contributed by atoms with E-state index in [1.165, 1.54) is 0 Å². The molecule has 0 spiro atoms. The average Bonchev–Trinajstić information content (AvgIpc) is 3.49. The normalized spacial score (nSPS) is 22.6. The number of carbonyl (C=O) groups excluding carboxylic acids is 2. The van der Waals surface area contributed by atoms with Crippen molar-refractivity contribution in [1.29, 1.82) is 5.26 Å². The van der Waals surface area contributed by atoms with Crippen LogP contribution in [0.1, 0.15) is 49.0 Å². The number of nitrogens with one attached hydrogen (secondary N) is 3. The zero-order chi connectivity index (χ0) is 20.4. The summed E-state index contributed by atoms with van der Waals surface area (Å²) in [6.45, 7) is 0. The Kier molecular flexibility index (Phi) is 5.81. The van der Waals surface area contributed by atoms with Crippen LogP contribution in [0.25, 0.3) is 10.9 Å². The van der Waals surface area contributed by atoms with Gasteiger partial charge in [0, 0.05) is 21.8 Å². The fraction of sp³-hybridized carbons (Fsp3) is 0.500. The highest BCUT2D eigenvalue weighted by atomic mass is 32.2. The van der Waals surface area contributed by atoms with Gasteiger partial charge in [0.15, 0.2) is 0 Å². The maximum atomic E-state index is 12.9. The number of aromatic nitrogens is 1. The molecule has 2 aromatic rings. The number of amides is 2. The smallest absolute Gasteiger partial charge is 0.267 e. The summed E-state index contributed by atoms with van der Waals surface area (Å²) < 4.78 is 0. The van der Waals surface area contributed by atoms with Gasteiger partial charge in [0.2, 0.25) is 5.91 Å². The number of H-pyrrole nitrogens is 1. The van der Waals surface area contributed by atoms with E-state index in [1.807, 2.05) is 30.5 Å². The van der Waals surface area contributed by atoms with Crippen molar-refractivity contribution < 1.29 is 9.59 Å². The fourth-order valence-electron chi connectivity index (χ4n) is 4.16. The number of rotatable bonds is 6. The standard InChI is InChI=1S/C22H26N4O2S/c1-29-15-9-8-14-10-19(24-18(14)11-15)22(28)25-17-5-3-2-4-16(17)21(27)26-20(12-23)13-6-7-13/h8-11,13,16-17,20,24H,2-7H2,1H3,(H,25,28)(H,26,27)/t16-,17+,20?/m1/s1. The zero-order valence-electron chi connectivity index (χ0n) is 16.5. The number of hydrogen-bond donors (Lipinski definition) is 3. The molecular formula is C22H26N4O2S. The van der Waals surface area contributed by atoms with E-state index < -0.39 is 6.04 Å². The molecule has 1 aromatic carbocycles. The first-order chi connectivity index (χ1) is 14.1. The average molecular weight is 411 g/mol. The maximum Gasteiger partial charge on any atom is 0.267 e. The van der Waals surface area contributed by atoms with Crippen molar-refractivity contribution in [2.24, 2.45) is 11.8 Å². The third kappa shape index (κ3) is 4.43. The highest BCUT2D eigenvalue weighted by molar-refractivity contribution is 7.98. The molecular weight excluding hydrogens is 384 g/mol. The molecule has 4 rings (SSSR count). The molecule has 3 N–H and O–H groups in total. The van der Waals surface area contributed by atoms with Crippen molar-refractivity contribution in [3.63, 3.8) is 0 Å². The largest absolute Gasteiger partial charge is 0.350 e. The number of aromatic amines is 1.